The Kier molecular flexibility index (Phi) is 4.88. The second-order valence-corrected chi connectivity index (χ2v) is 7.66. The van der Waals surface area contributed by atoms with Crippen LogP contribution in [0.4, 0.5) is 0 Å². The van der Waals surface area contributed by atoms with Crippen LogP contribution in [0.15, 0.2) is 47.9 Å². The number of benzene rings is 1. The van der Waals surface area contributed by atoms with Crippen LogP contribution in [0.1, 0.15) is 19.3 Å². The molecule has 0 aliphatic heterocycles. The molecule has 0 amide bonds. The molecule has 1 aliphatic rings. The molecule has 1 saturated carbocycles. The zero-order chi connectivity index (χ0) is 17.2. The van der Waals surface area contributed by atoms with Crippen molar-refractivity contribution in [2.45, 2.75) is 42.5 Å². The molecule has 0 radical (unpaired) electrons. The minimum Gasteiger partial charge on any atom is -0.488 e. The number of hydrogen-bond acceptors (Lipinski definition) is 5. The molecule has 1 aromatic heterocycles. The number of para-hydroxylation sites is 1. The van der Waals surface area contributed by atoms with E-state index in [0.29, 0.717) is 18.6 Å². The molecule has 2 N–H and O–H groups in total. The van der Waals surface area contributed by atoms with Gasteiger partial charge in [0, 0.05) is 13.2 Å². The van der Waals surface area contributed by atoms with E-state index in [9.17, 15) is 13.5 Å². The lowest BCUT2D eigenvalue weighted by Gasteiger charge is -2.34. The summed E-state index contributed by atoms with van der Waals surface area (Å²) >= 11 is 0. The number of nitrogens with one attached hydrogen (secondary N) is 1. The fraction of sp³-hybridized carbons (Fsp3) is 0.438. The number of aliphatic hydroxyl groups is 1. The molecule has 0 bridgehead atoms. The number of ether oxygens (including phenoxy) is 1. The number of aliphatic hydroxyl groups excluding tert-OH is 1. The van der Waals surface area contributed by atoms with Gasteiger partial charge in [-0.15, -0.1) is 0 Å². The number of aromatic nitrogens is 2. The van der Waals surface area contributed by atoms with Gasteiger partial charge in [-0.25, -0.2) is 18.1 Å². The molecule has 0 unspecified atom stereocenters. The highest BCUT2D eigenvalue weighted by Crippen LogP contribution is 2.25. The monoisotopic (exact) mass is 351 g/mol. The highest BCUT2D eigenvalue weighted by atomic mass is 32.2. The summed E-state index contributed by atoms with van der Waals surface area (Å²) in [5.74, 6) is 0.662. The molecule has 1 aliphatic carbocycles. The Balaban J connectivity index is 1.70. The van der Waals surface area contributed by atoms with Gasteiger partial charge >= 0.3 is 0 Å². The fourth-order valence-electron chi connectivity index (χ4n) is 2.86. The molecular formula is C16H21N3O4S. The van der Waals surface area contributed by atoms with Crippen molar-refractivity contribution < 1.29 is 18.3 Å². The van der Waals surface area contributed by atoms with E-state index in [0.717, 1.165) is 6.42 Å². The van der Waals surface area contributed by atoms with Gasteiger partial charge in [-0.2, -0.15) is 0 Å². The number of rotatable bonds is 5. The molecule has 2 aromatic rings. The minimum atomic E-state index is -3.77. The van der Waals surface area contributed by atoms with E-state index in [1.54, 1.807) is 11.6 Å². The molecule has 0 spiro atoms. The summed E-state index contributed by atoms with van der Waals surface area (Å²) in [4.78, 5) is 3.86. The van der Waals surface area contributed by atoms with E-state index in [-0.39, 0.29) is 5.03 Å². The first kappa shape index (κ1) is 16.9. The molecule has 7 nitrogen and oxygen atoms in total. The van der Waals surface area contributed by atoms with Crippen LogP contribution in [0.5, 0.6) is 5.75 Å². The quantitative estimate of drug-likeness (QED) is 0.840. The van der Waals surface area contributed by atoms with Crippen LogP contribution in [-0.4, -0.2) is 41.3 Å². The van der Waals surface area contributed by atoms with Crippen molar-refractivity contribution in [2.24, 2.45) is 7.05 Å². The average molecular weight is 351 g/mol. The third kappa shape index (κ3) is 3.77. The molecule has 130 valence electrons. The smallest absolute Gasteiger partial charge is 0.259 e. The zero-order valence-electron chi connectivity index (χ0n) is 13.4. The Hall–Kier alpha value is -1.90. The predicted octanol–water partition coefficient (Wildman–Crippen LogP) is 1.06. The first-order chi connectivity index (χ1) is 11.5. The predicted molar refractivity (Wildman–Crippen MR) is 88.0 cm³/mol. The second-order valence-electron chi connectivity index (χ2n) is 6.00. The van der Waals surface area contributed by atoms with Crippen molar-refractivity contribution in [2.75, 3.05) is 0 Å². The number of aryl methyl sites for hydroxylation is 1. The molecule has 0 saturated heterocycles. The van der Waals surface area contributed by atoms with Gasteiger partial charge in [0.25, 0.3) is 10.0 Å². The number of nitrogens with zero attached hydrogens (tertiary/aromatic N) is 2. The van der Waals surface area contributed by atoms with Gasteiger partial charge in [-0.05, 0) is 31.4 Å². The molecule has 24 heavy (non-hydrogen) atoms. The molecule has 1 fully saturated rings. The Morgan fingerprint density at radius 1 is 1.29 bits per heavy atom. The van der Waals surface area contributed by atoms with Crippen molar-refractivity contribution in [1.29, 1.82) is 0 Å². The Morgan fingerprint density at radius 2 is 2.04 bits per heavy atom. The van der Waals surface area contributed by atoms with Crippen LogP contribution in [0, 0.1) is 0 Å². The van der Waals surface area contributed by atoms with Gasteiger partial charge in [-0.1, -0.05) is 18.2 Å². The van der Waals surface area contributed by atoms with E-state index < -0.39 is 28.3 Å². The molecule has 8 heteroatoms. The van der Waals surface area contributed by atoms with Crippen LogP contribution in [0.25, 0.3) is 0 Å². The minimum absolute atomic E-state index is 0.0525. The van der Waals surface area contributed by atoms with Crippen molar-refractivity contribution in [1.82, 2.24) is 14.3 Å². The molecule has 3 atom stereocenters. The van der Waals surface area contributed by atoms with Gasteiger partial charge in [-0.3, -0.25) is 0 Å². The summed E-state index contributed by atoms with van der Waals surface area (Å²) in [6.07, 6.45) is 3.49. The molecular weight excluding hydrogens is 330 g/mol. The van der Waals surface area contributed by atoms with Crippen molar-refractivity contribution >= 4 is 10.0 Å². The lowest BCUT2D eigenvalue weighted by molar-refractivity contribution is -0.00983. The Morgan fingerprint density at radius 3 is 2.71 bits per heavy atom. The second kappa shape index (κ2) is 6.92. The lowest BCUT2D eigenvalue weighted by Crippen LogP contribution is -2.52. The normalized spacial score (nSPS) is 24.7. The summed E-state index contributed by atoms with van der Waals surface area (Å²) < 4.78 is 34.7. The number of imidazole rings is 1. The number of hydrogen-bond donors (Lipinski definition) is 2. The van der Waals surface area contributed by atoms with Crippen molar-refractivity contribution in [3.63, 3.8) is 0 Å². The van der Waals surface area contributed by atoms with E-state index in [4.69, 9.17) is 4.74 Å². The van der Waals surface area contributed by atoms with Crippen LogP contribution in [0.2, 0.25) is 0 Å². The van der Waals surface area contributed by atoms with Crippen LogP contribution in [-0.2, 0) is 17.1 Å². The topological polar surface area (TPSA) is 93.5 Å². The molecule has 1 aromatic carbocycles. The van der Waals surface area contributed by atoms with E-state index in [1.165, 1.54) is 12.5 Å². The van der Waals surface area contributed by atoms with Crippen LogP contribution in [0.3, 0.4) is 0 Å². The fourth-order valence-corrected chi connectivity index (χ4v) is 4.13. The maximum absolute atomic E-state index is 12.4. The third-order valence-electron chi connectivity index (χ3n) is 4.09. The third-order valence-corrected chi connectivity index (χ3v) is 5.47. The summed E-state index contributed by atoms with van der Waals surface area (Å²) in [7, 11) is -2.07. The molecule has 1 heterocycles. The van der Waals surface area contributed by atoms with Crippen LogP contribution < -0.4 is 9.46 Å². The van der Waals surface area contributed by atoms with Gasteiger partial charge in [0.05, 0.1) is 12.4 Å². The van der Waals surface area contributed by atoms with Gasteiger partial charge in [0.15, 0.2) is 5.03 Å². The van der Waals surface area contributed by atoms with E-state index in [2.05, 4.69) is 9.71 Å². The summed E-state index contributed by atoms with van der Waals surface area (Å²) in [6, 6.07) is 8.62. The Labute approximate surface area is 141 Å². The maximum Gasteiger partial charge on any atom is 0.259 e. The maximum atomic E-state index is 12.4. The van der Waals surface area contributed by atoms with Gasteiger partial charge in [0.1, 0.15) is 18.0 Å². The average Bonchev–Trinajstić information content (AvgIpc) is 3.00. The van der Waals surface area contributed by atoms with Crippen molar-refractivity contribution in [3.05, 3.63) is 42.9 Å². The SMILES string of the molecule is Cn1cnc(S(=O)(=O)N[C@@H]2CCC[C@@H](Oc3ccccc3)[C@@H]2O)c1. The molecule has 3 rings (SSSR count). The van der Waals surface area contributed by atoms with Gasteiger partial charge < -0.3 is 14.4 Å². The van der Waals surface area contributed by atoms with Crippen molar-refractivity contribution in [3.8, 4) is 5.75 Å². The summed E-state index contributed by atoms with van der Waals surface area (Å²) in [5, 5.41) is 10.5. The summed E-state index contributed by atoms with van der Waals surface area (Å²) in [5.41, 5.74) is 0. The zero-order valence-corrected chi connectivity index (χ0v) is 14.2. The first-order valence-corrected chi connectivity index (χ1v) is 9.34. The Bertz CT molecular complexity index is 776. The largest absolute Gasteiger partial charge is 0.488 e. The first-order valence-electron chi connectivity index (χ1n) is 7.86. The highest BCUT2D eigenvalue weighted by molar-refractivity contribution is 7.89. The van der Waals surface area contributed by atoms with E-state index >= 15 is 0 Å². The summed E-state index contributed by atoms with van der Waals surface area (Å²) in [6.45, 7) is 0. The van der Waals surface area contributed by atoms with Gasteiger partial charge in [0.2, 0.25) is 0 Å². The standard InChI is InChI=1S/C16H21N3O4S/c1-19-10-15(17-11-19)24(21,22)18-13-8-5-9-14(16(13)20)23-12-6-3-2-4-7-12/h2-4,6-7,10-11,13-14,16,18,20H,5,8-9H2,1H3/t13-,14-,16-/m1/s1. The number of sulfonamides is 1. The highest BCUT2D eigenvalue weighted by Gasteiger charge is 2.36. The lowest BCUT2D eigenvalue weighted by atomic mass is 9.90. The van der Waals surface area contributed by atoms with E-state index in [1.807, 2.05) is 30.3 Å². The van der Waals surface area contributed by atoms with Crippen LogP contribution >= 0.6 is 0 Å².